The zero-order chi connectivity index (χ0) is 8.97. The Bertz CT molecular complexity index is 231. The van der Waals surface area contributed by atoms with Crippen LogP contribution in [0.3, 0.4) is 0 Å². The molecular weight excluding hydrogens is 152 g/mol. The minimum atomic E-state index is 0.462. The maximum atomic E-state index is 5.16. The first-order chi connectivity index (χ1) is 5.77. The lowest BCUT2D eigenvalue weighted by Gasteiger charge is -2.06. The summed E-state index contributed by atoms with van der Waals surface area (Å²) in [7, 11) is 0. The number of nitrogens with zero attached hydrogens (tertiary/aromatic N) is 2. The van der Waals surface area contributed by atoms with E-state index in [0.717, 1.165) is 12.1 Å². The number of hydrazine groups is 1. The summed E-state index contributed by atoms with van der Waals surface area (Å²) >= 11 is 0. The summed E-state index contributed by atoms with van der Waals surface area (Å²) in [5.74, 6) is 6.22. The summed E-state index contributed by atoms with van der Waals surface area (Å²) in [4.78, 5) is 0. The van der Waals surface area contributed by atoms with Gasteiger partial charge in [0.2, 0.25) is 0 Å². The highest BCUT2D eigenvalue weighted by Crippen LogP contribution is 2.15. The van der Waals surface area contributed by atoms with Crippen molar-refractivity contribution in [2.45, 2.75) is 26.2 Å². The normalized spacial score (nSPS) is 12.6. The number of nitrogens with one attached hydrogen (secondary N) is 1. The molecular formula is C8H14N4. The van der Waals surface area contributed by atoms with Crippen molar-refractivity contribution < 1.29 is 0 Å². The highest BCUT2D eigenvalue weighted by Gasteiger charge is 2.03. The van der Waals surface area contributed by atoms with Crippen LogP contribution >= 0.6 is 0 Å². The van der Waals surface area contributed by atoms with Gasteiger partial charge in [-0.2, -0.15) is 5.10 Å². The number of hydrogen-bond donors (Lipinski definition) is 2. The molecule has 1 unspecified atom stereocenters. The van der Waals surface area contributed by atoms with Crippen molar-refractivity contribution in [3.05, 3.63) is 17.8 Å². The van der Waals surface area contributed by atoms with Gasteiger partial charge in [-0.1, -0.05) is 13.8 Å². The first-order valence-corrected chi connectivity index (χ1v) is 4.08. The van der Waals surface area contributed by atoms with Gasteiger partial charge in [-0.25, -0.2) is 5.84 Å². The summed E-state index contributed by atoms with van der Waals surface area (Å²) in [6, 6.07) is 3.77. The average molecular weight is 166 g/mol. The number of hydrogen-bond acceptors (Lipinski definition) is 4. The molecule has 0 saturated heterocycles. The standard InChI is InChI=1S/C8H14N4/c1-3-6(2)7-4-5-8(10-9)12-11-7/h4-6H,3,9H2,1-2H3,(H,10,12). The molecule has 4 nitrogen and oxygen atoms in total. The molecule has 3 N–H and O–H groups in total. The second-order valence-corrected chi connectivity index (χ2v) is 2.80. The second-order valence-electron chi connectivity index (χ2n) is 2.80. The van der Waals surface area contributed by atoms with Gasteiger partial charge in [0.1, 0.15) is 0 Å². The minimum Gasteiger partial charge on any atom is -0.307 e. The van der Waals surface area contributed by atoms with E-state index < -0.39 is 0 Å². The Morgan fingerprint density at radius 3 is 2.67 bits per heavy atom. The van der Waals surface area contributed by atoms with E-state index in [4.69, 9.17) is 5.84 Å². The van der Waals surface area contributed by atoms with Crippen molar-refractivity contribution in [1.82, 2.24) is 10.2 Å². The van der Waals surface area contributed by atoms with Crippen LogP contribution in [0.15, 0.2) is 12.1 Å². The van der Waals surface area contributed by atoms with Crippen molar-refractivity contribution >= 4 is 5.82 Å². The third kappa shape index (κ3) is 1.92. The molecule has 1 rings (SSSR count). The fraction of sp³-hybridized carbons (Fsp3) is 0.500. The van der Waals surface area contributed by atoms with Crippen LogP contribution in [0.25, 0.3) is 0 Å². The molecule has 0 aliphatic rings. The van der Waals surface area contributed by atoms with Crippen LogP contribution in [0.4, 0.5) is 5.82 Å². The summed E-state index contributed by atoms with van der Waals surface area (Å²) in [5.41, 5.74) is 3.45. The van der Waals surface area contributed by atoms with E-state index in [0.29, 0.717) is 11.7 Å². The molecule has 1 aromatic heterocycles. The molecule has 0 aliphatic heterocycles. The summed E-state index contributed by atoms with van der Waals surface area (Å²) in [6.07, 6.45) is 1.07. The summed E-state index contributed by atoms with van der Waals surface area (Å²) in [6.45, 7) is 4.25. The number of rotatable bonds is 3. The van der Waals surface area contributed by atoms with E-state index in [2.05, 4.69) is 29.5 Å². The van der Waals surface area contributed by atoms with Crippen molar-refractivity contribution in [2.75, 3.05) is 5.43 Å². The molecule has 66 valence electrons. The Kier molecular flexibility index (Phi) is 2.99. The highest BCUT2D eigenvalue weighted by atomic mass is 15.3. The van der Waals surface area contributed by atoms with Gasteiger partial charge in [-0.3, -0.25) is 0 Å². The van der Waals surface area contributed by atoms with Crippen LogP contribution < -0.4 is 11.3 Å². The van der Waals surface area contributed by atoms with E-state index in [1.165, 1.54) is 0 Å². The molecule has 0 radical (unpaired) electrons. The fourth-order valence-corrected chi connectivity index (χ4v) is 0.892. The topological polar surface area (TPSA) is 63.8 Å². The van der Waals surface area contributed by atoms with Crippen molar-refractivity contribution in [1.29, 1.82) is 0 Å². The fourth-order valence-electron chi connectivity index (χ4n) is 0.892. The Labute approximate surface area is 72.2 Å². The summed E-state index contributed by atoms with van der Waals surface area (Å²) < 4.78 is 0. The average Bonchev–Trinajstić information content (AvgIpc) is 2.17. The van der Waals surface area contributed by atoms with Gasteiger partial charge < -0.3 is 5.43 Å². The van der Waals surface area contributed by atoms with Gasteiger partial charge in [0.25, 0.3) is 0 Å². The van der Waals surface area contributed by atoms with Gasteiger partial charge in [-0.15, -0.1) is 5.10 Å². The molecule has 1 heterocycles. The van der Waals surface area contributed by atoms with Crippen LogP contribution in [0, 0.1) is 0 Å². The lowest BCUT2D eigenvalue weighted by molar-refractivity contribution is 0.691. The van der Waals surface area contributed by atoms with Gasteiger partial charge in [-0.05, 0) is 24.5 Å². The number of nitrogen functional groups attached to an aromatic ring is 1. The van der Waals surface area contributed by atoms with Gasteiger partial charge in [0.15, 0.2) is 5.82 Å². The molecule has 4 heteroatoms. The van der Waals surface area contributed by atoms with E-state index in [1.54, 1.807) is 0 Å². The highest BCUT2D eigenvalue weighted by molar-refractivity contribution is 5.31. The van der Waals surface area contributed by atoms with Crippen LogP contribution in [0.2, 0.25) is 0 Å². The molecule has 0 aliphatic carbocycles. The SMILES string of the molecule is CCC(C)c1ccc(NN)nn1. The van der Waals surface area contributed by atoms with Crippen LogP contribution in [-0.2, 0) is 0 Å². The molecule has 0 amide bonds. The van der Waals surface area contributed by atoms with Crippen LogP contribution in [0.1, 0.15) is 31.9 Å². The molecule has 12 heavy (non-hydrogen) atoms. The van der Waals surface area contributed by atoms with Gasteiger partial charge in [0, 0.05) is 0 Å². The molecule has 0 bridgehead atoms. The van der Waals surface area contributed by atoms with Gasteiger partial charge >= 0.3 is 0 Å². The van der Waals surface area contributed by atoms with Gasteiger partial charge in [0.05, 0.1) is 5.69 Å². The lowest BCUT2D eigenvalue weighted by atomic mass is 10.1. The van der Waals surface area contributed by atoms with E-state index in [-0.39, 0.29) is 0 Å². The van der Waals surface area contributed by atoms with E-state index in [9.17, 15) is 0 Å². The summed E-state index contributed by atoms with van der Waals surface area (Å²) in [5, 5.41) is 7.91. The van der Waals surface area contributed by atoms with Crippen molar-refractivity contribution in [3.8, 4) is 0 Å². The maximum absolute atomic E-state index is 5.16. The molecule has 0 spiro atoms. The quantitative estimate of drug-likeness (QED) is 0.524. The van der Waals surface area contributed by atoms with Crippen LogP contribution in [-0.4, -0.2) is 10.2 Å². The Morgan fingerprint density at radius 1 is 1.50 bits per heavy atom. The first-order valence-electron chi connectivity index (χ1n) is 4.08. The molecule has 0 aromatic carbocycles. The zero-order valence-electron chi connectivity index (χ0n) is 7.41. The lowest BCUT2D eigenvalue weighted by Crippen LogP contribution is -2.10. The third-order valence-corrected chi connectivity index (χ3v) is 1.95. The Hall–Kier alpha value is -1.16. The van der Waals surface area contributed by atoms with E-state index >= 15 is 0 Å². The van der Waals surface area contributed by atoms with E-state index in [1.807, 2.05) is 12.1 Å². The largest absolute Gasteiger partial charge is 0.307 e. The zero-order valence-corrected chi connectivity index (χ0v) is 7.41. The molecule has 1 atom stereocenters. The predicted octanol–water partition coefficient (Wildman–Crippen LogP) is 1.28. The minimum absolute atomic E-state index is 0.462. The third-order valence-electron chi connectivity index (χ3n) is 1.95. The Balaban J connectivity index is 2.77. The van der Waals surface area contributed by atoms with Crippen molar-refractivity contribution in [2.24, 2.45) is 5.84 Å². The Morgan fingerprint density at radius 2 is 2.25 bits per heavy atom. The number of anilines is 1. The second kappa shape index (κ2) is 4.01. The first kappa shape index (κ1) is 8.93. The molecule has 0 fully saturated rings. The number of nitrogens with two attached hydrogens (primary N) is 1. The predicted molar refractivity (Wildman–Crippen MR) is 48.5 cm³/mol. The molecule has 0 saturated carbocycles. The monoisotopic (exact) mass is 166 g/mol. The van der Waals surface area contributed by atoms with Crippen molar-refractivity contribution in [3.63, 3.8) is 0 Å². The number of aromatic nitrogens is 2. The van der Waals surface area contributed by atoms with Crippen LogP contribution in [0.5, 0.6) is 0 Å². The smallest absolute Gasteiger partial charge is 0.162 e. The maximum Gasteiger partial charge on any atom is 0.162 e. The molecule has 1 aromatic rings.